The smallest absolute Gasteiger partial charge is 0.214 e. The number of ether oxygens (including phenoxy) is 3. The van der Waals surface area contributed by atoms with E-state index in [1.807, 2.05) is 25.3 Å². The first-order valence-corrected chi connectivity index (χ1v) is 13.7. The molecule has 5 rings (SSSR count). The highest BCUT2D eigenvalue weighted by atomic mass is 32.2. The van der Waals surface area contributed by atoms with E-state index >= 15 is 0 Å². The van der Waals surface area contributed by atoms with Crippen molar-refractivity contribution in [1.29, 1.82) is 0 Å². The summed E-state index contributed by atoms with van der Waals surface area (Å²) in [5.41, 5.74) is 2.72. The first kappa shape index (κ1) is 23.5. The molecule has 9 nitrogen and oxygen atoms in total. The predicted molar refractivity (Wildman–Crippen MR) is 129 cm³/mol. The van der Waals surface area contributed by atoms with Crippen molar-refractivity contribution in [3.05, 3.63) is 30.2 Å². The van der Waals surface area contributed by atoms with Crippen LogP contribution in [-0.2, 0) is 32.6 Å². The summed E-state index contributed by atoms with van der Waals surface area (Å²) < 4.78 is 45.2. The number of benzene rings is 1. The van der Waals surface area contributed by atoms with E-state index in [0.29, 0.717) is 32.9 Å². The van der Waals surface area contributed by atoms with Crippen molar-refractivity contribution in [3.63, 3.8) is 0 Å². The average Bonchev–Trinajstić information content (AvgIpc) is 3.54. The molecule has 0 N–H and O–H groups in total. The van der Waals surface area contributed by atoms with Gasteiger partial charge in [-0.3, -0.25) is 4.98 Å². The number of pyridine rings is 1. The summed E-state index contributed by atoms with van der Waals surface area (Å²) in [6, 6.07) is 6.01. The van der Waals surface area contributed by atoms with Crippen LogP contribution in [0, 0.1) is 0 Å². The van der Waals surface area contributed by atoms with Gasteiger partial charge in [0.05, 0.1) is 36.2 Å². The molecule has 2 aliphatic heterocycles. The van der Waals surface area contributed by atoms with E-state index in [9.17, 15) is 8.42 Å². The van der Waals surface area contributed by atoms with Crippen molar-refractivity contribution in [3.8, 4) is 5.75 Å². The van der Waals surface area contributed by atoms with E-state index in [4.69, 9.17) is 19.2 Å². The Labute approximate surface area is 200 Å². The number of aromatic nitrogens is 3. The summed E-state index contributed by atoms with van der Waals surface area (Å²) in [5.74, 6) is 1.93. The number of unbranched alkanes of at least 4 members (excludes halogenated alkanes) is 1. The van der Waals surface area contributed by atoms with Gasteiger partial charge in [-0.2, -0.15) is 0 Å². The number of nitrogens with zero attached hydrogens (tertiary/aromatic N) is 4. The van der Waals surface area contributed by atoms with E-state index in [1.165, 1.54) is 0 Å². The number of fused-ring (bicyclic) bond motifs is 3. The van der Waals surface area contributed by atoms with Crippen LogP contribution < -0.4 is 4.74 Å². The summed E-state index contributed by atoms with van der Waals surface area (Å²) in [5, 5.41) is 1.02. The van der Waals surface area contributed by atoms with Crippen LogP contribution in [0.15, 0.2) is 24.4 Å². The number of imidazole rings is 1. The molecular weight excluding hydrogens is 456 g/mol. The van der Waals surface area contributed by atoms with E-state index in [0.717, 1.165) is 72.3 Å². The zero-order valence-electron chi connectivity index (χ0n) is 19.6. The first-order valence-electron chi connectivity index (χ1n) is 12.1. The Balaban J connectivity index is 1.39. The Hall–Kier alpha value is -2.27. The van der Waals surface area contributed by atoms with Crippen molar-refractivity contribution in [2.75, 3.05) is 38.7 Å². The molecule has 0 spiro atoms. The summed E-state index contributed by atoms with van der Waals surface area (Å²) in [7, 11) is -3.05. The van der Waals surface area contributed by atoms with E-state index in [2.05, 4.69) is 15.6 Å². The lowest BCUT2D eigenvalue weighted by Gasteiger charge is -2.15. The molecule has 0 saturated carbocycles. The topological polar surface area (TPSA) is 95.8 Å². The van der Waals surface area contributed by atoms with Crippen LogP contribution in [0.2, 0.25) is 0 Å². The maximum absolute atomic E-state index is 12.1. The zero-order valence-corrected chi connectivity index (χ0v) is 20.4. The SMILES string of the molecule is CCOCc1nc2cnc3cc(OC4CCOC4)ccc3c2n1CCCCN1CCCS1(=O)=O. The number of hydrogen-bond donors (Lipinski definition) is 0. The van der Waals surface area contributed by atoms with Crippen LogP contribution in [0.25, 0.3) is 21.9 Å². The van der Waals surface area contributed by atoms with E-state index in [-0.39, 0.29) is 11.9 Å². The molecule has 0 aliphatic carbocycles. The standard InChI is InChI=1S/C24H32N4O5S/c1-2-31-17-23-26-22-15-25-21-14-18(33-19-8-12-32-16-19)6-7-20(21)24(22)28(23)11-4-3-9-27-10-5-13-34(27,29)30/h6-7,14-15,19H,2-5,8-13,16-17H2,1H3. The molecule has 2 fully saturated rings. The van der Waals surface area contributed by atoms with Gasteiger partial charge < -0.3 is 18.8 Å². The molecule has 2 aromatic heterocycles. The molecule has 4 heterocycles. The minimum atomic E-state index is -3.05. The summed E-state index contributed by atoms with van der Waals surface area (Å²) >= 11 is 0. The van der Waals surface area contributed by atoms with Crippen molar-refractivity contribution >= 4 is 32.0 Å². The first-order chi connectivity index (χ1) is 16.5. The second-order valence-corrected chi connectivity index (χ2v) is 11.0. The molecule has 0 bridgehead atoms. The van der Waals surface area contributed by atoms with E-state index < -0.39 is 10.0 Å². The van der Waals surface area contributed by atoms with Crippen molar-refractivity contribution < 1.29 is 22.6 Å². The molecule has 10 heteroatoms. The Bertz CT molecular complexity index is 1250. The number of hydrogen-bond acceptors (Lipinski definition) is 7. The number of rotatable bonds is 10. The molecule has 34 heavy (non-hydrogen) atoms. The lowest BCUT2D eigenvalue weighted by atomic mass is 10.1. The van der Waals surface area contributed by atoms with E-state index in [1.54, 1.807) is 4.31 Å². The fourth-order valence-corrected chi connectivity index (χ4v) is 6.33. The fourth-order valence-electron chi connectivity index (χ4n) is 4.76. The maximum atomic E-state index is 12.1. The zero-order chi connectivity index (χ0) is 23.5. The Morgan fingerprint density at radius 2 is 2.09 bits per heavy atom. The molecule has 0 radical (unpaired) electrons. The third-order valence-electron chi connectivity index (χ3n) is 6.49. The minimum Gasteiger partial charge on any atom is -0.488 e. The highest BCUT2D eigenvalue weighted by Crippen LogP contribution is 2.29. The van der Waals surface area contributed by atoms with Crippen LogP contribution >= 0.6 is 0 Å². The molecule has 1 unspecified atom stereocenters. The second kappa shape index (κ2) is 10.2. The quantitative estimate of drug-likeness (QED) is 0.405. The van der Waals surface area contributed by atoms with Gasteiger partial charge in [0.1, 0.15) is 29.8 Å². The Morgan fingerprint density at radius 3 is 2.85 bits per heavy atom. The highest BCUT2D eigenvalue weighted by Gasteiger charge is 2.27. The van der Waals surface area contributed by atoms with Gasteiger partial charge in [-0.25, -0.2) is 17.7 Å². The van der Waals surface area contributed by atoms with Gasteiger partial charge >= 0.3 is 0 Å². The summed E-state index contributed by atoms with van der Waals surface area (Å²) in [6.07, 6.45) is 5.18. The molecule has 1 aromatic carbocycles. The molecule has 0 amide bonds. The largest absolute Gasteiger partial charge is 0.488 e. The normalized spacial score (nSPS) is 20.6. The van der Waals surface area contributed by atoms with Crippen LogP contribution in [0.1, 0.15) is 38.4 Å². The molecule has 184 valence electrons. The lowest BCUT2D eigenvalue weighted by Crippen LogP contribution is -2.26. The monoisotopic (exact) mass is 488 g/mol. The van der Waals surface area contributed by atoms with Gasteiger partial charge in [0.15, 0.2) is 0 Å². The average molecular weight is 489 g/mol. The number of sulfonamides is 1. The van der Waals surface area contributed by atoms with Gasteiger partial charge in [-0.05, 0) is 38.3 Å². The molecule has 2 aliphatic rings. The highest BCUT2D eigenvalue weighted by molar-refractivity contribution is 7.89. The van der Waals surface area contributed by atoms with Crippen molar-refractivity contribution in [1.82, 2.24) is 18.8 Å². The molecule has 2 saturated heterocycles. The van der Waals surface area contributed by atoms with Gasteiger partial charge in [0.25, 0.3) is 0 Å². The predicted octanol–water partition coefficient (Wildman–Crippen LogP) is 3.10. The third-order valence-corrected chi connectivity index (χ3v) is 8.45. The molecule has 1 atom stereocenters. The van der Waals surface area contributed by atoms with Gasteiger partial charge in [-0.15, -0.1) is 0 Å². The van der Waals surface area contributed by atoms with Crippen LogP contribution in [-0.4, -0.2) is 72.0 Å². The lowest BCUT2D eigenvalue weighted by molar-refractivity contribution is 0.126. The van der Waals surface area contributed by atoms with Crippen LogP contribution in [0.5, 0.6) is 5.75 Å². The van der Waals surface area contributed by atoms with Crippen molar-refractivity contribution in [2.45, 2.75) is 51.9 Å². The number of aryl methyl sites for hydroxylation is 1. The molecule has 3 aromatic rings. The minimum absolute atomic E-state index is 0.0870. The Kier molecular flexibility index (Phi) is 7.01. The van der Waals surface area contributed by atoms with Crippen molar-refractivity contribution in [2.24, 2.45) is 0 Å². The maximum Gasteiger partial charge on any atom is 0.214 e. The van der Waals surface area contributed by atoms with Crippen LogP contribution in [0.4, 0.5) is 0 Å². The van der Waals surface area contributed by atoms with Crippen LogP contribution in [0.3, 0.4) is 0 Å². The third kappa shape index (κ3) is 4.91. The van der Waals surface area contributed by atoms with Gasteiger partial charge in [0, 0.05) is 44.1 Å². The molecular formula is C24H32N4O5S. The Morgan fingerprint density at radius 1 is 1.21 bits per heavy atom. The van der Waals surface area contributed by atoms with Gasteiger partial charge in [-0.1, -0.05) is 0 Å². The summed E-state index contributed by atoms with van der Waals surface area (Å²) in [4.78, 5) is 9.45. The summed E-state index contributed by atoms with van der Waals surface area (Å²) in [6.45, 7) is 6.32. The van der Waals surface area contributed by atoms with Gasteiger partial charge in [0.2, 0.25) is 10.0 Å². The fraction of sp³-hybridized carbons (Fsp3) is 0.583. The second-order valence-electron chi connectivity index (χ2n) is 8.87.